The van der Waals surface area contributed by atoms with E-state index in [0.29, 0.717) is 29.8 Å². The van der Waals surface area contributed by atoms with Crippen molar-refractivity contribution >= 4 is 11.6 Å². The highest BCUT2D eigenvalue weighted by molar-refractivity contribution is 6.30. The Morgan fingerprint density at radius 2 is 2.35 bits per heavy atom. The first-order chi connectivity index (χ1) is 9.69. The molecule has 2 rings (SSSR count). The van der Waals surface area contributed by atoms with Crippen LogP contribution in [0.3, 0.4) is 0 Å². The van der Waals surface area contributed by atoms with Gasteiger partial charge in [0.05, 0.1) is 6.61 Å². The van der Waals surface area contributed by atoms with Crippen molar-refractivity contribution in [3.8, 4) is 0 Å². The van der Waals surface area contributed by atoms with Crippen LogP contribution in [0.5, 0.6) is 0 Å². The van der Waals surface area contributed by atoms with E-state index < -0.39 is 0 Å². The topological polar surface area (TPSA) is 24.5 Å². The van der Waals surface area contributed by atoms with Gasteiger partial charge in [-0.2, -0.15) is 0 Å². The number of hydrogen-bond acceptors (Lipinski definition) is 3. The van der Waals surface area contributed by atoms with Gasteiger partial charge < -0.3 is 10.1 Å². The van der Waals surface area contributed by atoms with Crippen LogP contribution in [-0.2, 0) is 11.3 Å². The van der Waals surface area contributed by atoms with Gasteiger partial charge in [0.15, 0.2) is 0 Å². The van der Waals surface area contributed by atoms with Gasteiger partial charge in [0, 0.05) is 43.4 Å². The fraction of sp³-hybridized carbons (Fsp3) is 0.600. The van der Waals surface area contributed by atoms with Crippen molar-refractivity contribution in [1.82, 2.24) is 10.2 Å². The Bertz CT molecular complexity index is 424. The zero-order valence-corrected chi connectivity index (χ0v) is 12.6. The zero-order valence-electron chi connectivity index (χ0n) is 11.9. The number of nitrogens with zero attached hydrogens (tertiary/aromatic N) is 1. The van der Waals surface area contributed by atoms with E-state index in [1.54, 1.807) is 19.2 Å². The summed E-state index contributed by atoms with van der Waals surface area (Å²) < 4.78 is 19.0. The SMILES string of the molecule is COCCN(Cc1ccc(Cl)cc1F)CC1CCCN1. The fourth-order valence-electron chi connectivity index (χ4n) is 2.57. The first-order valence-electron chi connectivity index (χ1n) is 7.07. The minimum Gasteiger partial charge on any atom is -0.383 e. The summed E-state index contributed by atoms with van der Waals surface area (Å²) in [6.45, 7) is 4.05. The Morgan fingerprint density at radius 3 is 3.00 bits per heavy atom. The van der Waals surface area contributed by atoms with E-state index in [1.807, 2.05) is 0 Å². The summed E-state index contributed by atoms with van der Waals surface area (Å²) >= 11 is 5.79. The molecule has 1 heterocycles. The summed E-state index contributed by atoms with van der Waals surface area (Å²) in [6.07, 6.45) is 2.41. The molecule has 0 aromatic heterocycles. The smallest absolute Gasteiger partial charge is 0.129 e. The zero-order chi connectivity index (χ0) is 14.4. The minimum atomic E-state index is -0.237. The molecule has 0 amide bonds. The molecule has 1 unspecified atom stereocenters. The normalized spacial score (nSPS) is 18.9. The number of hydrogen-bond donors (Lipinski definition) is 1. The van der Waals surface area contributed by atoms with Gasteiger partial charge in [-0.1, -0.05) is 17.7 Å². The first kappa shape index (κ1) is 15.7. The molecule has 1 atom stereocenters. The predicted molar refractivity (Wildman–Crippen MR) is 79.6 cm³/mol. The highest BCUT2D eigenvalue weighted by Crippen LogP contribution is 2.17. The molecule has 1 aliphatic heterocycles. The van der Waals surface area contributed by atoms with Crippen LogP contribution in [0.25, 0.3) is 0 Å². The molecule has 1 N–H and O–H groups in total. The Kier molecular flexibility index (Phi) is 6.23. The number of nitrogens with one attached hydrogen (secondary N) is 1. The van der Waals surface area contributed by atoms with E-state index in [2.05, 4.69) is 10.2 Å². The molecule has 5 heteroatoms. The summed E-state index contributed by atoms with van der Waals surface area (Å²) in [5.41, 5.74) is 0.684. The lowest BCUT2D eigenvalue weighted by atomic mass is 10.1. The summed E-state index contributed by atoms with van der Waals surface area (Å²) in [4.78, 5) is 2.23. The molecule has 0 bridgehead atoms. The van der Waals surface area contributed by atoms with Gasteiger partial charge in [0.1, 0.15) is 5.82 Å². The second-order valence-corrected chi connectivity index (χ2v) is 5.69. The van der Waals surface area contributed by atoms with Gasteiger partial charge in [0.2, 0.25) is 0 Å². The van der Waals surface area contributed by atoms with Gasteiger partial charge in [0.25, 0.3) is 0 Å². The molecule has 1 aromatic carbocycles. The van der Waals surface area contributed by atoms with Crippen molar-refractivity contribution in [2.24, 2.45) is 0 Å². The number of benzene rings is 1. The molecule has 0 saturated carbocycles. The Balaban J connectivity index is 1.97. The Hall–Kier alpha value is -0.680. The molecule has 3 nitrogen and oxygen atoms in total. The predicted octanol–water partition coefficient (Wildman–Crippen LogP) is 2.68. The fourth-order valence-corrected chi connectivity index (χ4v) is 2.73. The molecule has 20 heavy (non-hydrogen) atoms. The van der Waals surface area contributed by atoms with Crippen LogP contribution >= 0.6 is 11.6 Å². The summed E-state index contributed by atoms with van der Waals surface area (Å²) in [5.74, 6) is -0.237. The van der Waals surface area contributed by atoms with E-state index in [-0.39, 0.29) is 5.82 Å². The maximum absolute atomic E-state index is 13.9. The van der Waals surface area contributed by atoms with Gasteiger partial charge in [-0.05, 0) is 31.5 Å². The van der Waals surface area contributed by atoms with E-state index in [9.17, 15) is 4.39 Å². The molecule has 112 valence electrons. The van der Waals surface area contributed by atoms with Crippen LogP contribution in [0.1, 0.15) is 18.4 Å². The Labute approximate surface area is 125 Å². The Morgan fingerprint density at radius 1 is 1.50 bits per heavy atom. The van der Waals surface area contributed by atoms with Crippen molar-refractivity contribution in [3.05, 3.63) is 34.6 Å². The first-order valence-corrected chi connectivity index (χ1v) is 7.45. The van der Waals surface area contributed by atoms with Crippen LogP contribution in [0.15, 0.2) is 18.2 Å². The lowest BCUT2D eigenvalue weighted by Gasteiger charge is -2.25. The van der Waals surface area contributed by atoms with E-state index in [1.165, 1.54) is 18.9 Å². The molecule has 1 saturated heterocycles. The van der Waals surface area contributed by atoms with Crippen molar-refractivity contribution in [1.29, 1.82) is 0 Å². The minimum absolute atomic E-state index is 0.237. The number of methoxy groups -OCH3 is 1. The number of halogens is 2. The van der Waals surface area contributed by atoms with Crippen LogP contribution in [0, 0.1) is 5.82 Å². The molecular formula is C15H22ClFN2O. The van der Waals surface area contributed by atoms with Gasteiger partial charge in [-0.15, -0.1) is 0 Å². The summed E-state index contributed by atoms with van der Waals surface area (Å²) in [7, 11) is 1.69. The lowest BCUT2D eigenvalue weighted by molar-refractivity contribution is 0.137. The van der Waals surface area contributed by atoms with Crippen LogP contribution in [-0.4, -0.2) is 44.3 Å². The summed E-state index contributed by atoms with van der Waals surface area (Å²) in [5, 5.41) is 3.91. The molecule has 1 aromatic rings. The maximum Gasteiger partial charge on any atom is 0.129 e. The van der Waals surface area contributed by atoms with Gasteiger partial charge >= 0.3 is 0 Å². The van der Waals surface area contributed by atoms with Crippen LogP contribution < -0.4 is 5.32 Å². The molecule has 0 radical (unpaired) electrons. The molecule has 1 fully saturated rings. The van der Waals surface area contributed by atoms with Crippen molar-refractivity contribution in [2.75, 3.05) is 33.4 Å². The van der Waals surface area contributed by atoms with E-state index >= 15 is 0 Å². The maximum atomic E-state index is 13.9. The number of ether oxygens (including phenoxy) is 1. The van der Waals surface area contributed by atoms with Crippen molar-refractivity contribution < 1.29 is 9.13 Å². The third-order valence-electron chi connectivity index (χ3n) is 3.66. The monoisotopic (exact) mass is 300 g/mol. The quantitative estimate of drug-likeness (QED) is 0.838. The second-order valence-electron chi connectivity index (χ2n) is 5.26. The van der Waals surface area contributed by atoms with Gasteiger partial charge in [-0.3, -0.25) is 4.90 Å². The highest BCUT2D eigenvalue weighted by atomic mass is 35.5. The largest absolute Gasteiger partial charge is 0.383 e. The van der Waals surface area contributed by atoms with Crippen molar-refractivity contribution in [2.45, 2.75) is 25.4 Å². The van der Waals surface area contributed by atoms with E-state index in [4.69, 9.17) is 16.3 Å². The van der Waals surface area contributed by atoms with E-state index in [0.717, 1.165) is 19.6 Å². The van der Waals surface area contributed by atoms with Crippen LogP contribution in [0.4, 0.5) is 4.39 Å². The average molecular weight is 301 g/mol. The second kappa shape index (κ2) is 7.93. The van der Waals surface area contributed by atoms with Crippen molar-refractivity contribution in [3.63, 3.8) is 0 Å². The molecular weight excluding hydrogens is 279 g/mol. The molecule has 1 aliphatic rings. The standard InChI is InChI=1S/C15H22ClFN2O/c1-20-8-7-19(11-14-3-2-6-18-14)10-12-4-5-13(16)9-15(12)17/h4-5,9,14,18H,2-3,6-8,10-11H2,1H3. The molecule has 0 aliphatic carbocycles. The molecule has 0 spiro atoms. The number of rotatable bonds is 7. The summed E-state index contributed by atoms with van der Waals surface area (Å²) in [6, 6.07) is 5.38. The lowest BCUT2D eigenvalue weighted by Crippen LogP contribution is -2.38. The van der Waals surface area contributed by atoms with Crippen LogP contribution in [0.2, 0.25) is 5.02 Å². The average Bonchev–Trinajstić information content (AvgIpc) is 2.92. The third kappa shape index (κ3) is 4.70. The highest BCUT2D eigenvalue weighted by Gasteiger charge is 2.18. The van der Waals surface area contributed by atoms with Gasteiger partial charge in [-0.25, -0.2) is 4.39 Å². The third-order valence-corrected chi connectivity index (χ3v) is 3.90.